The van der Waals surface area contributed by atoms with E-state index in [-0.39, 0.29) is 17.4 Å². The summed E-state index contributed by atoms with van der Waals surface area (Å²) in [5.41, 5.74) is 5.44. The van der Waals surface area contributed by atoms with Crippen LogP contribution in [0.1, 0.15) is 27.2 Å². The molecule has 1 unspecified atom stereocenters. The first-order valence-electron chi connectivity index (χ1n) is 6.24. The zero-order chi connectivity index (χ0) is 15.2. The van der Waals surface area contributed by atoms with Crippen molar-refractivity contribution in [3.63, 3.8) is 0 Å². The molecule has 0 saturated heterocycles. The predicted octanol–water partition coefficient (Wildman–Crippen LogP) is 0.181. The van der Waals surface area contributed by atoms with Gasteiger partial charge in [-0.05, 0) is 20.3 Å². The van der Waals surface area contributed by atoms with Crippen molar-refractivity contribution in [1.82, 2.24) is 9.21 Å². The van der Waals surface area contributed by atoms with Gasteiger partial charge >= 0.3 is 0 Å². The molecule has 1 atom stereocenters. The number of sulfonamides is 1. The molecule has 0 rings (SSSR count). The summed E-state index contributed by atoms with van der Waals surface area (Å²) in [7, 11) is -2.30. The number of rotatable bonds is 8. The topological polar surface area (TPSA) is 83.7 Å². The van der Waals surface area contributed by atoms with E-state index in [1.54, 1.807) is 11.8 Å². The summed E-state index contributed by atoms with van der Waals surface area (Å²) in [4.78, 5) is 13.4. The van der Waals surface area contributed by atoms with Gasteiger partial charge in [-0.3, -0.25) is 4.79 Å². The molecule has 0 heterocycles. The average Bonchev–Trinajstić information content (AvgIpc) is 2.30. The zero-order valence-corrected chi connectivity index (χ0v) is 13.6. The molecule has 0 aliphatic heterocycles. The lowest BCUT2D eigenvalue weighted by Gasteiger charge is -2.25. The fourth-order valence-electron chi connectivity index (χ4n) is 1.73. The first kappa shape index (κ1) is 18.3. The highest BCUT2D eigenvalue weighted by Gasteiger charge is 2.32. The van der Waals surface area contributed by atoms with E-state index in [2.05, 4.69) is 0 Å². The monoisotopic (exact) mass is 309 g/mol. The Morgan fingerprint density at radius 2 is 1.74 bits per heavy atom. The summed E-state index contributed by atoms with van der Waals surface area (Å²) < 4.78 is 25.5. The molecule has 0 aromatic carbocycles. The lowest BCUT2D eigenvalue weighted by Crippen LogP contribution is -2.47. The molecule has 0 aromatic heterocycles. The molecule has 0 bridgehead atoms. The number of nitrogens with zero attached hydrogens (tertiary/aromatic N) is 2. The molecule has 6 nitrogen and oxygen atoms in total. The number of hydrogen-bond acceptors (Lipinski definition) is 4. The second-order valence-electron chi connectivity index (χ2n) is 4.17. The molecular formula is C11H23N3O3S2. The quantitative estimate of drug-likeness (QED) is 0.647. The number of nitrogens with two attached hydrogens (primary N) is 1. The smallest absolute Gasteiger partial charge is 0.237 e. The van der Waals surface area contributed by atoms with Crippen LogP contribution in [0.4, 0.5) is 0 Å². The standard InChI is InChI=1S/C11H23N3O3S2/c1-5-9(11(12)18)19(16,17)13(4)8-10(15)14(6-2)7-3/h9H,5-8H2,1-4H3,(H2,12,18). The molecular weight excluding hydrogens is 286 g/mol. The molecule has 0 saturated carbocycles. The Bertz CT molecular complexity index is 419. The fraction of sp³-hybridized carbons (Fsp3) is 0.818. The van der Waals surface area contributed by atoms with Crippen LogP contribution in [0, 0.1) is 0 Å². The highest BCUT2D eigenvalue weighted by Crippen LogP contribution is 2.11. The molecule has 1 amide bonds. The number of amides is 1. The maximum atomic E-state index is 12.2. The van der Waals surface area contributed by atoms with Gasteiger partial charge in [-0.1, -0.05) is 19.1 Å². The molecule has 0 fully saturated rings. The van der Waals surface area contributed by atoms with E-state index in [9.17, 15) is 13.2 Å². The lowest BCUT2D eigenvalue weighted by molar-refractivity contribution is -0.130. The molecule has 19 heavy (non-hydrogen) atoms. The van der Waals surface area contributed by atoms with E-state index in [1.165, 1.54) is 7.05 Å². The zero-order valence-electron chi connectivity index (χ0n) is 11.9. The van der Waals surface area contributed by atoms with Gasteiger partial charge in [0.2, 0.25) is 15.9 Å². The van der Waals surface area contributed by atoms with Gasteiger partial charge in [0.15, 0.2) is 0 Å². The highest BCUT2D eigenvalue weighted by molar-refractivity contribution is 7.92. The predicted molar refractivity (Wildman–Crippen MR) is 80.3 cm³/mol. The Balaban J connectivity index is 4.96. The van der Waals surface area contributed by atoms with Gasteiger partial charge in [-0.15, -0.1) is 0 Å². The van der Waals surface area contributed by atoms with Gasteiger partial charge in [-0.2, -0.15) is 4.31 Å². The van der Waals surface area contributed by atoms with Crippen molar-refractivity contribution < 1.29 is 13.2 Å². The van der Waals surface area contributed by atoms with Gasteiger partial charge in [0, 0.05) is 20.1 Å². The van der Waals surface area contributed by atoms with Crippen LogP contribution in [0.2, 0.25) is 0 Å². The SMILES string of the molecule is CCC(C(N)=S)S(=O)(=O)N(C)CC(=O)N(CC)CC. The fourth-order valence-corrected chi connectivity index (χ4v) is 3.70. The van der Waals surface area contributed by atoms with Gasteiger partial charge in [-0.25, -0.2) is 8.42 Å². The summed E-state index contributed by atoms with van der Waals surface area (Å²) in [5, 5.41) is -0.919. The Morgan fingerprint density at radius 3 is 2.05 bits per heavy atom. The van der Waals surface area contributed by atoms with Crippen molar-refractivity contribution in [2.75, 3.05) is 26.7 Å². The Labute approximate surface area is 121 Å². The van der Waals surface area contributed by atoms with Gasteiger partial charge in [0.05, 0.1) is 11.5 Å². The van der Waals surface area contributed by atoms with Crippen LogP contribution in [-0.4, -0.2) is 60.5 Å². The second-order valence-corrected chi connectivity index (χ2v) is 6.86. The number of hydrogen-bond donors (Lipinski definition) is 1. The minimum atomic E-state index is -3.68. The van der Waals surface area contributed by atoms with Crippen molar-refractivity contribution in [2.24, 2.45) is 5.73 Å². The summed E-state index contributed by atoms with van der Waals surface area (Å²) in [6.07, 6.45) is 0.293. The van der Waals surface area contributed by atoms with Gasteiger partial charge < -0.3 is 10.6 Å². The van der Waals surface area contributed by atoms with Crippen molar-refractivity contribution in [1.29, 1.82) is 0 Å². The van der Waals surface area contributed by atoms with E-state index < -0.39 is 15.3 Å². The largest absolute Gasteiger partial charge is 0.392 e. The van der Waals surface area contributed by atoms with Crippen LogP contribution >= 0.6 is 12.2 Å². The normalized spacial score (nSPS) is 13.3. The summed E-state index contributed by atoms with van der Waals surface area (Å²) in [6.45, 7) is 6.30. The van der Waals surface area contributed by atoms with E-state index in [0.717, 1.165) is 4.31 Å². The van der Waals surface area contributed by atoms with E-state index >= 15 is 0 Å². The van der Waals surface area contributed by atoms with Crippen LogP contribution in [-0.2, 0) is 14.8 Å². The Hall–Kier alpha value is -0.730. The van der Waals surface area contributed by atoms with Crippen LogP contribution in [0.5, 0.6) is 0 Å². The summed E-state index contributed by atoms with van der Waals surface area (Å²) in [5.74, 6) is -0.228. The number of carbonyl (C=O) groups is 1. The highest BCUT2D eigenvalue weighted by atomic mass is 32.2. The maximum absolute atomic E-state index is 12.2. The van der Waals surface area contributed by atoms with Gasteiger partial charge in [0.25, 0.3) is 0 Å². The number of carbonyl (C=O) groups excluding carboxylic acids is 1. The van der Waals surface area contributed by atoms with Crippen LogP contribution in [0.3, 0.4) is 0 Å². The van der Waals surface area contributed by atoms with Crippen molar-refractivity contribution >= 4 is 33.1 Å². The molecule has 2 N–H and O–H groups in total. The third-order valence-electron chi connectivity index (χ3n) is 2.96. The first-order valence-corrected chi connectivity index (χ1v) is 8.15. The van der Waals surface area contributed by atoms with Crippen LogP contribution in [0.25, 0.3) is 0 Å². The minimum absolute atomic E-state index is 0.0651. The summed E-state index contributed by atoms with van der Waals surface area (Å²) >= 11 is 4.77. The molecule has 0 aliphatic rings. The van der Waals surface area contributed by atoms with E-state index in [1.807, 2.05) is 13.8 Å². The molecule has 112 valence electrons. The number of thiocarbonyl (C=S) groups is 1. The third-order valence-corrected chi connectivity index (χ3v) is 5.69. The van der Waals surface area contributed by atoms with E-state index in [4.69, 9.17) is 18.0 Å². The maximum Gasteiger partial charge on any atom is 0.237 e. The third kappa shape index (κ3) is 4.70. The number of likely N-dealkylation sites (N-methyl/N-ethyl adjacent to an activating group) is 2. The van der Waals surface area contributed by atoms with Crippen LogP contribution in [0.15, 0.2) is 0 Å². The Kier molecular flexibility index (Phi) is 7.46. The van der Waals surface area contributed by atoms with Crippen molar-refractivity contribution in [2.45, 2.75) is 32.4 Å². The molecule has 0 spiro atoms. The molecule has 0 aliphatic carbocycles. The van der Waals surface area contributed by atoms with Crippen LogP contribution < -0.4 is 5.73 Å². The first-order chi connectivity index (χ1) is 8.72. The molecule has 0 radical (unpaired) electrons. The van der Waals surface area contributed by atoms with Crippen molar-refractivity contribution in [3.8, 4) is 0 Å². The minimum Gasteiger partial charge on any atom is -0.392 e. The molecule has 0 aromatic rings. The van der Waals surface area contributed by atoms with Gasteiger partial charge in [0.1, 0.15) is 5.25 Å². The second kappa shape index (κ2) is 7.76. The average molecular weight is 309 g/mol. The Morgan fingerprint density at radius 1 is 1.26 bits per heavy atom. The summed E-state index contributed by atoms with van der Waals surface area (Å²) in [6, 6.07) is 0. The lowest BCUT2D eigenvalue weighted by atomic mass is 10.3. The van der Waals surface area contributed by atoms with Crippen molar-refractivity contribution in [3.05, 3.63) is 0 Å². The molecule has 8 heteroatoms. The van der Waals surface area contributed by atoms with E-state index in [0.29, 0.717) is 19.5 Å².